The summed E-state index contributed by atoms with van der Waals surface area (Å²) in [6.45, 7) is 7.99. The van der Waals surface area contributed by atoms with Crippen molar-refractivity contribution in [1.82, 2.24) is 0 Å². The van der Waals surface area contributed by atoms with Crippen LogP contribution in [0.25, 0.3) is 0 Å². The number of Topliss-reactive ketones (excluding diaryl/α,β-unsaturated/α-hetero) is 1. The molecule has 0 bridgehead atoms. The molecule has 0 radical (unpaired) electrons. The molecule has 0 aromatic carbocycles. The Morgan fingerprint density at radius 1 is 1.36 bits per heavy atom. The van der Waals surface area contributed by atoms with E-state index in [1.54, 1.807) is 6.92 Å². The number of rotatable bonds is 1. The van der Waals surface area contributed by atoms with Gasteiger partial charge in [0.15, 0.2) is 0 Å². The zero-order chi connectivity index (χ0) is 8.70. The lowest BCUT2D eigenvalue weighted by Gasteiger charge is -2.35. The molecule has 62 valence electrons. The lowest BCUT2D eigenvalue weighted by molar-refractivity contribution is -0.129. The molecule has 1 nitrogen and oxygen atoms in total. The first kappa shape index (κ1) is 8.51. The van der Waals surface area contributed by atoms with Crippen molar-refractivity contribution in [2.75, 3.05) is 0 Å². The molecule has 1 atom stereocenters. The van der Waals surface area contributed by atoms with Gasteiger partial charge < -0.3 is 0 Å². The molecule has 0 saturated heterocycles. The van der Waals surface area contributed by atoms with E-state index in [9.17, 15) is 4.79 Å². The first-order valence-electron chi connectivity index (χ1n) is 4.09. The molecule has 0 spiro atoms. The molecule has 0 saturated carbocycles. The summed E-state index contributed by atoms with van der Waals surface area (Å²) < 4.78 is 0. The summed E-state index contributed by atoms with van der Waals surface area (Å²) in [5.41, 5.74) is -0.119. The van der Waals surface area contributed by atoms with Crippen LogP contribution in [0, 0.1) is 10.8 Å². The smallest absolute Gasteiger partial charge is 0.136 e. The van der Waals surface area contributed by atoms with Crippen LogP contribution in [0.1, 0.15) is 34.1 Å². The normalized spacial score (nSPS) is 34.2. The third-order valence-electron chi connectivity index (χ3n) is 3.26. The molecule has 0 amide bonds. The first-order valence-corrected chi connectivity index (χ1v) is 4.09. The average Bonchev–Trinajstić information content (AvgIpc) is 2.09. The summed E-state index contributed by atoms with van der Waals surface area (Å²) in [6, 6.07) is 0. The molecule has 0 fully saturated rings. The van der Waals surface area contributed by atoms with E-state index < -0.39 is 0 Å². The van der Waals surface area contributed by atoms with Crippen LogP contribution >= 0.6 is 0 Å². The maximum atomic E-state index is 11.3. The quantitative estimate of drug-likeness (QED) is 0.528. The van der Waals surface area contributed by atoms with E-state index in [4.69, 9.17) is 0 Å². The summed E-state index contributed by atoms with van der Waals surface area (Å²) in [5, 5.41) is 0. The monoisotopic (exact) mass is 152 g/mol. The highest BCUT2D eigenvalue weighted by Gasteiger charge is 2.45. The van der Waals surface area contributed by atoms with Crippen molar-refractivity contribution in [2.24, 2.45) is 10.8 Å². The average molecular weight is 152 g/mol. The molecular formula is C10H16O. The Labute approximate surface area is 68.5 Å². The minimum absolute atomic E-state index is 0.0405. The molecule has 1 heteroatoms. The maximum absolute atomic E-state index is 11.3. The fraction of sp³-hybridized carbons (Fsp3) is 0.700. The van der Waals surface area contributed by atoms with E-state index in [2.05, 4.69) is 32.9 Å². The molecule has 0 aromatic heterocycles. The highest BCUT2D eigenvalue weighted by atomic mass is 16.1. The van der Waals surface area contributed by atoms with Gasteiger partial charge >= 0.3 is 0 Å². The van der Waals surface area contributed by atoms with Crippen molar-refractivity contribution < 1.29 is 4.79 Å². The second-order valence-corrected chi connectivity index (χ2v) is 4.22. The highest BCUT2D eigenvalue weighted by Crippen LogP contribution is 2.48. The van der Waals surface area contributed by atoms with Crippen molar-refractivity contribution in [2.45, 2.75) is 34.1 Å². The van der Waals surface area contributed by atoms with Crippen LogP contribution in [-0.4, -0.2) is 5.78 Å². The largest absolute Gasteiger partial charge is 0.299 e. The van der Waals surface area contributed by atoms with E-state index in [-0.39, 0.29) is 10.8 Å². The van der Waals surface area contributed by atoms with Crippen LogP contribution in [0.3, 0.4) is 0 Å². The minimum atomic E-state index is -0.160. The van der Waals surface area contributed by atoms with Crippen LogP contribution in [0.2, 0.25) is 0 Å². The van der Waals surface area contributed by atoms with Crippen molar-refractivity contribution in [1.29, 1.82) is 0 Å². The van der Waals surface area contributed by atoms with E-state index in [1.165, 1.54) is 0 Å². The van der Waals surface area contributed by atoms with E-state index in [1.807, 2.05) is 0 Å². The fourth-order valence-corrected chi connectivity index (χ4v) is 1.63. The predicted octanol–water partition coefficient (Wildman–Crippen LogP) is 2.57. The number of carbonyl (C=O) groups excluding carboxylic acids is 1. The Bertz CT molecular complexity index is 213. The second kappa shape index (κ2) is 2.20. The van der Waals surface area contributed by atoms with E-state index in [0.717, 1.165) is 6.42 Å². The highest BCUT2D eigenvalue weighted by molar-refractivity contribution is 5.84. The number of ketones is 1. The Morgan fingerprint density at radius 3 is 2.09 bits per heavy atom. The van der Waals surface area contributed by atoms with Gasteiger partial charge in [-0.15, -0.1) is 0 Å². The van der Waals surface area contributed by atoms with Crippen LogP contribution < -0.4 is 0 Å². The third-order valence-corrected chi connectivity index (χ3v) is 3.26. The molecule has 0 unspecified atom stereocenters. The topological polar surface area (TPSA) is 17.1 Å². The molecule has 0 aromatic rings. The van der Waals surface area contributed by atoms with Crippen molar-refractivity contribution in [3.63, 3.8) is 0 Å². The van der Waals surface area contributed by atoms with Gasteiger partial charge in [0.2, 0.25) is 0 Å². The Kier molecular flexibility index (Phi) is 1.70. The van der Waals surface area contributed by atoms with Gasteiger partial charge in [-0.1, -0.05) is 32.9 Å². The predicted molar refractivity (Wildman–Crippen MR) is 46.3 cm³/mol. The maximum Gasteiger partial charge on any atom is 0.136 e. The van der Waals surface area contributed by atoms with Crippen LogP contribution in [0.15, 0.2) is 12.2 Å². The van der Waals surface area contributed by atoms with Gasteiger partial charge in [-0.25, -0.2) is 0 Å². The van der Waals surface area contributed by atoms with Crippen molar-refractivity contribution >= 4 is 5.78 Å². The molecule has 0 aliphatic heterocycles. The Morgan fingerprint density at radius 2 is 1.91 bits per heavy atom. The van der Waals surface area contributed by atoms with Crippen molar-refractivity contribution in [3.05, 3.63) is 12.2 Å². The van der Waals surface area contributed by atoms with Gasteiger partial charge in [0.1, 0.15) is 5.78 Å². The van der Waals surface area contributed by atoms with Crippen LogP contribution in [0.4, 0.5) is 0 Å². The standard InChI is InChI=1S/C10H16O/c1-8(11)10(4)7-5-6-9(10,2)3/h5-6H,7H2,1-4H3/t10-/m0/s1. The fourth-order valence-electron chi connectivity index (χ4n) is 1.63. The number of allylic oxidation sites excluding steroid dienone is 2. The van der Waals surface area contributed by atoms with Gasteiger partial charge in [0.05, 0.1) is 0 Å². The molecular weight excluding hydrogens is 136 g/mol. The van der Waals surface area contributed by atoms with Gasteiger partial charge in [0.25, 0.3) is 0 Å². The zero-order valence-electron chi connectivity index (χ0n) is 7.77. The summed E-state index contributed by atoms with van der Waals surface area (Å²) in [4.78, 5) is 11.3. The molecule has 1 aliphatic rings. The van der Waals surface area contributed by atoms with Gasteiger partial charge in [0, 0.05) is 5.41 Å². The van der Waals surface area contributed by atoms with Gasteiger partial charge in [-0.05, 0) is 18.8 Å². The Hall–Kier alpha value is -0.590. The summed E-state index contributed by atoms with van der Waals surface area (Å²) in [7, 11) is 0. The summed E-state index contributed by atoms with van der Waals surface area (Å²) in [6.07, 6.45) is 5.16. The molecule has 1 aliphatic carbocycles. The molecule has 11 heavy (non-hydrogen) atoms. The molecule has 1 rings (SSSR count). The minimum Gasteiger partial charge on any atom is -0.299 e. The Balaban J connectivity index is 2.99. The van der Waals surface area contributed by atoms with Gasteiger partial charge in [-0.3, -0.25) is 4.79 Å². The zero-order valence-corrected chi connectivity index (χ0v) is 7.77. The third kappa shape index (κ3) is 1.03. The molecule has 0 N–H and O–H groups in total. The SMILES string of the molecule is CC(=O)[C@]1(C)CC=CC1(C)C. The number of hydrogen-bond donors (Lipinski definition) is 0. The lowest BCUT2D eigenvalue weighted by Crippen LogP contribution is -2.36. The summed E-state index contributed by atoms with van der Waals surface area (Å²) in [5.74, 6) is 0.299. The second-order valence-electron chi connectivity index (χ2n) is 4.22. The number of carbonyl (C=O) groups is 1. The van der Waals surface area contributed by atoms with E-state index in [0.29, 0.717) is 5.78 Å². The van der Waals surface area contributed by atoms with Crippen LogP contribution in [0.5, 0.6) is 0 Å². The number of hydrogen-bond acceptors (Lipinski definition) is 1. The summed E-state index contributed by atoms with van der Waals surface area (Å²) >= 11 is 0. The van der Waals surface area contributed by atoms with E-state index >= 15 is 0 Å². The van der Waals surface area contributed by atoms with Crippen LogP contribution in [-0.2, 0) is 4.79 Å². The lowest BCUT2D eigenvalue weighted by atomic mass is 9.67. The van der Waals surface area contributed by atoms with Crippen molar-refractivity contribution in [3.8, 4) is 0 Å². The van der Waals surface area contributed by atoms with Gasteiger partial charge in [-0.2, -0.15) is 0 Å². The molecule has 0 heterocycles. The first-order chi connectivity index (χ1) is 4.90.